The molecule has 0 radical (unpaired) electrons. The summed E-state index contributed by atoms with van der Waals surface area (Å²) in [7, 11) is 1.83. The second-order valence-corrected chi connectivity index (χ2v) is 9.18. The van der Waals surface area contributed by atoms with Crippen molar-refractivity contribution in [2.24, 2.45) is 10.9 Å². The van der Waals surface area contributed by atoms with E-state index in [1.165, 1.54) is 17.5 Å². The molecule has 8 heteroatoms. The molecule has 2 heterocycles. The normalized spacial score (nSPS) is 19.2. The Morgan fingerprint density at radius 1 is 1.09 bits per heavy atom. The van der Waals surface area contributed by atoms with Gasteiger partial charge in [0.15, 0.2) is 5.96 Å². The molecule has 2 fully saturated rings. The molecule has 7 nitrogen and oxygen atoms in total. The maximum Gasteiger partial charge on any atom is 0.191 e. The minimum atomic E-state index is 0. The molecule has 0 amide bonds. The van der Waals surface area contributed by atoms with Crippen molar-refractivity contribution in [3.63, 3.8) is 0 Å². The van der Waals surface area contributed by atoms with Crippen molar-refractivity contribution < 1.29 is 14.2 Å². The molecule has 1 unspecified atom stereocenters. The molecule has 0 aliphatic carbocycles. The first-order chi connectivity index (χ1) is 15.6. The van der Waals surface area contributed by atoms with E-state index in [-0.39, 0.29) is 24.0 Å². The molecule has 0 saturated carbocycles. The molecule has 188 valence electrons. The number of guanidine groups is 1. The van der Waals surface area contributed by atoms with Gasteiger partial charge < -0.3 is 24.8 Å². The van der Waals surface area contributed by atoms with Crippen molar-refractivity contribution >= 4 is 29.9 Å². The fourth-order valence-corrected chi connectivity index (χ4v) is 4.36. The fourth-order valence-electron chi connectivity index (χ4n) is 4.36. The fraction of sp³-hybridized carbons (Fsp3) is 0.720. The second-order valence-electron chi connectivity index (χ2n) is 9.18. The largest absolute Gasteiger partial charge is 0.381 e. The molecule has 0 spiro atoms. The lowest BCUT2D eigenvalue weighted by Gasteiger charge is -2.35. The first kappa shape index (κ1) is 28.3. The average molecular weight is 575 g/mol. The molecule has 0 bridgehead atoms. The van der Waals surface area contributed by atoms with Crippen LogP contribution < -0.4 is 10.6 Å². The van der Waals surface area contributed by atoms with Crippen LogP contribution in [0.1, 0.15) is 44.2 Å². The Morgan fingerprint density at radius 3 is 2.48 bits per heavy atom. The third kappa shape index (κ3) is 10.5. The third-order valence-electron chi connectivity index (χ3n) is 6.14. The summed E-state index contributed by atoms with van der Waals surface area (Å²) in [6, 6.07) is 9.09. The molecule has 2 aliphatic rings. The van der Waals surface area contributed by atoms with Gasteiger partial charge in [-0.1, -0.05) is 38.1 Å². The van der Waals surface area contributed by atoms with Crippen LogP contribution >= 0.6 is 24.0 Å². The van der Waals surface area contributed by atoms with Gasteiger partial charge in [0.1, 0.15) is 0 Å². The van der Waals surface area contributed by atoms with Crippen LogP contribution in [0.3, 0.4) is 0 Å². The highest BCUT2D eigenvalue weighted by molar-refractivity contribution is 14.0. The monoisotopic (exact) mass is 574 g/mol. The van der Waals surface area contributed by atoms with Gasteiger partial charge in [-0.3, -0.25) is 9.89 Å². The lowest BCUT2D eigenvalue weighted by atomic mass is 10.0. The van der Waals surface area contributed by atoms with Gasteiger partial charge >= 0.3 is 0 Å². The van der Waals surface area contributed by atoms with Gasteiger partial charge in [0.2, 0.25) is 0 Å². The predicted molar refractivity (Wildman–Crippen MR) is 144 cm³/mol. The molecule has 0 aromatic heterocycles. The maximum atomic E-state index is 6.07. The number of halogens is 1. The number of nitrogens with zero attached hydrogens (tertiary/aromatic N) is 2. The molecular formula is C25H43IN4O3. The summed E-state index contributed by atoms with van der Waals surface area (Å²) in [6.45, 7) is 12.1. The van der Waals surface area contributed by atoms with Crippen molar-refractivity contribution in [2.75, 3.05) is 53.1 Å². The van der Waals surface area contributed by atoms with Crippen molar-refractivity contribution in [3.8, 4) is 0 Å². The number of benzene rings is 1. The van der Waals surface area contributed by atoms with E-state index < -0.39 is 0 Å². The Morgan fingerprint density at radius 2 is 1.79 bits per heavy atom. The van der Waals surface area contributed by atoms with Crippen LogP contribution in [0.4, 0.5) is 0 Å². The molecule has 1 aromatic rings. The summed E-state index contributed by atoms with van der Waals surface area (Å²) in [5.74, 6) is 1.50. The number of rotatable bonds is 10. The maximum absolute atomic E-state index is 6.07. The number of hydrogen-bond donors (Lipinski definition) is 2. The van der Waals surface area contributed by atoms with Gasteiger partial charge in [-0.25, -0.2) is 0 Å². The van der Waals surface area contributed by atoms with E-state index in [0.29, 0.717) is 24.7 Å². The number of nitrogens with one attached hydrogen (secondary N) is 2. The Hall–Kier alpha value is -0.940. The molecule has 2 aliphatic heterocycles. The van der Waals surface area contributed by atoms with Gasteiger partial charge in [0.25, 0.3) is 0 Å². The van der Waals surface area contributed by atoms with Crippen molar-refractivity contribution in [1.29, 1.82) is 0 Å². The minimum absolute atomic E-state index is 0. The van der Waals surface area contributed by atoms with Crippen molar-refractivity contribution in [1.82, 2.24) is 15.5 Å². The van der Waals surface area contributed by atoms with E-state index in [9.17, 15) is 0 Å². The minimum Gasteiger partial charge on any atom is -0.381 e. The number of aliphatic imine (C=N–C) groups is 1. The molecule has 2 saturated heterocycles. The van der Waals surface area contributed by atoms with E-state index in [2.05, 4.69) is 58.6 Å². The number of morpholine rings is 1. The molecular weight excluding hydrogens is 531 g/mol. The number of ether oxygens (including phenoxy) is 3. The topological polar surface area (TPSA) is 67.4 Å². The van der Waals surface area contributed by atoms with E-state index >= 15 is 0 Å². The predicted octanol–water partition coefficient (Wildman–Crippen LogP) is 3.41. The van der Waals surface area contributed by atoms with Crippen LogP contribution in [0.5, 0.6) is 0 Å². The third-order valence-corrected chi connectivity index (χ3v) is 6.14. The van der Waals surface area contributed by atoms with E-state index in [4.69, 9.17) is 14.2 Å². The van der Waals surface area contributed by atoms with E-state index in [1.807, 2.05) is 7.05 Å². The number of hydrogen-bond acceptors (Lipinski definition) is 5. The van der Waals surface area contributed by atoms with Gasteiger partial charge in [-0.2, -0.15) is 0 Å². The van der Waals surface area contributed by atoms with Gasteiger partial charge in [-0.15, -0.1) is 24.0 Å². The quantitative estimate of drug-likeness (QED) is 0.254. The summed E-state index contributed by atoms with van der Waals surface area (Å²) in [4.78, 5) is 6.98. The summed E-state index contributed by atoms with van der Waals surface area (Å²) in [6.07, 6.45) is 3.47. The second kappa shape index (κ2) is 15.9. The van der Waals surface area contributed by atoms with Crippen LogP contribution in [0, 0.1) is 5.92 Å². The molecule has 1 aromatic carbocycles. The Labute approximate surface area is 217 Å². The standard InChI is InChI=1S/C25H42N4O3.HI/c1-20(2)15-23(29-9-13-31-14-10-29)18-28-25(26-3)27-17-21-5-4-6-22(16-21)19-32-24-7-11-30-12-8-24;/h4-6,16,20,23-24H,7-15,17-19H2,1-3H3,(H2,26,27,28);1H. The molecule has 33 heavy (non-hydrogen) atoms. The van der Waals surface area contributed by atoms with E-state index in [1.54, 1.807) is 0 Å². The molecule has 1 atom stereocenters. The Balaban J connectivity index is 0.00000385. The Kier molecular flexibility index (Phi) is 13.6. The van der Waals surface area contributed by atoms with Crippen LogP contribution in [-0.2, 0) is 27.4 Å². The van der Waals surface area contributed by atoms with Gasteiger partial charge in [-0.05, 0) is 36.3 Å². The molecule has 2 N–H and O–H groups in total. The van der Waals surface area contributed by atoms with Crippen molar-refractivity contribution in [3.05, 3.63) is 35.4 Å². The highest BCUT2D eigenvalue weighted by Crippen LogP contribution is 2.15. The van der Waals surface area contributed by atoms with Crippen LogP contribution in [0.25, 0.3) is 0 Å². The zero-order chi connectivity index (χ0) is 22.6. The van der Waals surface area contributed by atoms with Crippen LogP contribution in [-0.4, -0.2) is 76.1 Å². The lowest BCUT2D eigenvalue weighted by molar-refractivity contribution is -0.0390. The summed E-state index contributed by atoms with van der Waals surface area (Å²) in [5, 5.41) is 7.01. The SMILES string of the molecule is CN=C(NCc1cccc(COC2CCOCC2)c1)NCC(CC(C)C)N1CCOCC1.I. The van der Waals surface area contributed by atoms with Crippen molar-refractivity contribution in [2.45, 2.75) is 58.4 Å². The van der Waals surface area contributed by atoms with Gasteiger partial charge in [0.05, 0.1) is 25.9 Å². The first-order valence-electron chi connectivity index (χ1n) is 12.2. The van der Waals surface area contributed by atoms with Gasteiger partial charge in [0, 0.05) is 52.5 Å². The van der Waals surface area contributed by atoms with Crippen LogP contribution in [0.15, 0.2) is 29.3 Å². The first-order valence-corrected chi connectivity index (χ1v) is 12.2. The smallest absolute Gasteiger partial charge is 0.191 e. The highest BCUT2D eigenvalue weighted by Gasteiger charge is 2.22. The average Bonchev–Trinajstić information content (AvgIpc) is 2.83. The van der Waals surface area contributed by atoms with Crippen LogP contribution in [0.2, 0.25) is 0 Å². The highest BCUT2D eigenvalue weighted by atomic mass is 127. The Bertz CT molecular complexity index is 692. The summed E-state index contributed by atoms with van der Waals surface area (Å²) >= 11 is 0. The summed E-state index contributed by atoms with van der Waals surface area (Å²) < 4.78 is 17.0. The zero-order valence-corrected chi connectivity index (χ0v) is 22.9. The zero-order valence-electron chi connectivity index (χ0n) is 20.6. The van der Waals surface area contributed by atoms with E-state index in [0.717, 1.165) is 71.4 Å². The lowest BCUT2D eigenvalue weighted by Crippen LogP contribution is -2.50. The summed E-state index contributed by atoms with van der Waals surface area (Å²) in [5.41, 5.74) is 2.44. The molecule has 3 rings (SSSR count).